The van der Waals surface area contributed by atoms with Crippen molar-refractivity contribution in [3.8, 4) is 0 Å². The first-order chi connectivity index (χ1) is 5.48. The molecule has 0 saturated heterocycles. The molecule has 2 atom stereocenters. The van der Waals surface area contributed by atoms with E-state index in [2.05, 4.69) is 0 Å². The smallest absolute Gasteiger partial charge is 0.0869 e. The first-order valence-corrected chi connectivity index (χ1v) is 4.52. The highest BCUT2D eigenvalue weighted by molar-refractivity contribution is 5.10. The molecular formula is C9H19NO2. The third-order valence-corrected chi connectivity index (χ3v) is 3.23. The molecule has 0 radical (unpaired) electrons. The summed E-state index contributed by atoms with van der Waals surface area (Å²) in [4.78, 5) is 0. The van der Waals surface area contributed by atoms with Gasteiger partial charge in [0.25, 0.3) is 0 Å². The first-order valence-electron chi connectivity index (χ1n) is 4.52. The predicted octanol–water partition coefficient (Wildman–Crippen LogP) is 0.511. The summed E-state index contributed by atoms with van der Waals surface area (Å²) in [5.74, 6) is 0. The van der Waals surface area contributed by atoms with Gasteiger partial charge in [-0.25, -0.2) is 0 Å². The average Bonchev–Trinajstić information content (AvgIpc) is 2.04. The largest absolute Gasteiger partial charge is 0.388 e. The fraction of sp³-hybridized carbons (Fsp3) is 1.00. The fourth-order valence-electron chi connectivity index (χ4n) is 1.81. The molecule has 1 fully saturated rings. The zero-order chi connectivity index (χ0) is 9.41. The van der Waals surface area contributed by atoms with Gasteiger partial charge >= 0.3 is 0 Å². The number of aliphatic hydroxyl groups is 1. The molecule has 0 aliphatic heterocycles. The molecule has 0 aromatic rings. The highest BCUT2D eigenvalue weighted by atomic mass is 16.5. The second-order valence-electron chi connectivity index (χ2n) is 4.11. The van der Waals surface area contributed by atoms with Gasteiger partial charge in [0.1, 0.15) is 0 Å². The van der Waals surface area contributed by atoms with Crippen molar-refractivity contribution in [1.29, 1.82) is 0 Å². The Bertz CT molecular complexity index is 170. The zero-order valence-corrected chi connectivity index (χ0v) is 8.13. The van der Waals surface area contributed by atoms with Crippen molar-refractivity contribution in [2.75, 3.05) is 13.2 Å². The molecule has 1 aliphatic rings. The van der Waals surface area contributed by atoms with Crippen LogP contribution in [0.1, 0.15) is 27.2 Å². The minimum Gasteiger partial charge on any atom is -0.388 e. The van der Waals surface area contributed by atoms with Crippen molar-refractivity contribution >= 4 is 0 Å². The fourth-order valence-corrected chi connectivity index (χ4v) is 1.81. The Morgan fingerprint density at radius 2 is 2.17 bits per heavy atom. The summed E-state index contributed by atoms with van der Waals surface area (Å²) in [6.07, 6.45) is 0.834. The van der Waals surface area contributed by atoms with Gasteiger partial charge in [-0.15, -0.1) is 0 Å². The number of rotatable bonds is 3. The van der Waals surface area contributed by atoms with Crippen LogP contribution in [0.4, 0.5) is 0 Å². The molecule has 72 valence electrons. The van der Waals surface area contributed by atoms with E-state index in [4.69, 9.17) is 10.5 Å². The van der Waals surface area contributed by atoms with Crippen LogP contribution in [0, 0.1) is 5.41 Å². The maximum Gasteiger partial charge on any atom is 0.0869 e. The topological polar surface area (TPSA) is 55.5 Å². The monoisotopic (exact) mass is 173 g/mol. The van der Waals surface area contributed by atoms with Gasteiger partial charge in [0.05, 0.1) is 11.7 Å². The van der Waals surface area contributed by atoms with E-state index in [1.807, 2.05) is 20.8 Å². The Hall–Kier alpha value is -0.120. The molecule has 1 rings (SSSR count). The maximum atomic E-state index is 9.94. The molecule has 1 aliphatic carbocycles. The van der Waals surface area contributed by atoms with Gasteiger partial charge in [-0.3, -0.25) is 0 Å². The van der Waals surface area contributed by atoms with Crippen LogP contribution in [0.3, 0.4) is 0 Å². The van der Waals surface area contributed by atoms with Crippen LogP contribution in [-0.4, -0.2) is 30.0 Å². The van der Waals surface area contributed by atoms with Gasteiger partial charge in [0.2, 0.25) is 0 Å². The molecule has 3 N–H and O–H groups in total. The Morgan fingerprint density at radius 1 is 1.58 bits per heavy atom. The normalized spacial score (nSPS) is 39.2. The Labute approximate surface area is 73.9 Å². The number of ether oxygens (including phenoxy) is 1. The predicted molar refractivity (Wildman–Crippen MR) is 47.8 cm³/mol. The highest BCUT2D eigenvalue weighted by Crippen LogP contribution is 2.50. The summed E-state index contributed by atoms with van der Waals surface area (Å²) < 4.78 is 5.47. The Morgan fingerprint density at radius 3 is 2.50 bits per heavy atom. The minimum atomic E-state index is -0.715. The van der Waals surface area contributed by atoms with Gasteiger partial charge in [-0.05, 0) is 6.92 Å². The van der Waals surface area contributed by atoms with Crippen LogP contribution in [0.5, 0.6) is 0 Å². The number of hydrogen-bond acceptors (Lipinski definition) is 3. The summed E-state index contributed by atoms with van der Waals surface area (Å²) in [6.45, 7) is 7.00. The lowest BCUT2D eigenvalue weighted by Crippen LogP contribution is -2.67. The molecule has 1 saturated carbocycles. The van der Waals surface area contributed by atoms with E-state index in [1.165, 1.54) is 0 Å². The van der Waals surface area contributed by atoms with Crippen LogP contribution in [0.15, 0.2) is 0 Å². The van der Waals surface area contributed by atoms with Gasteiger partial charge < -0.3 is 15.6 Å². The zero-order valence-electron chi connectivity index (χ0n) is 8.13. The molecule has 0 heterocycles. The van der Waals surface area contributed by atoms with Crippen LogP contribution >= 0.6 is 0 Å². The molecule has 3 heteroatoms. The lowest BCUT2D eigenvalue weighted by atomic mass is 9.56. The van der Waals surface area contributed by atoms with Crippen molar-refractivity contribution in [1.82, 2.24) is 0 Å². The molecule has 0 amide bonds. The molecule has 0 aromatic heterocycles. The second kappa shape index (κ2) is 2.98. The quantitative estimate of drug-likeness (QED) is 0.654. The Balaban J connectivity index is 2.59. The van der Waals surface area contributed by atoms with Crippen LogP contribution in [0.25, 0.3) is 0 Å². The minimum absolute atomic E-state index is 0.163. The summed E-state index contributed by atoms with van der Waals surface area (Å²) in [7, 11) is 0. The van der Waals surface area contributed by atoms with E-state index in [1.54, 1.807) is 0 Å². The third-order valence-electron chi connectivity index (χ3n) is 3.23. The summed E-state index contributed by atoms with van der Waals surface area (Å²) >= 11 is 0. The van der Waals surface area contributed by atoms with Gasteiger partial charge in [-0.2, -0.15) is 0 Å². The standard InChI is InChI=1S/C9H19NO2/c1-4-12-7-5-9(11,6-10)8(7,2)3/h7,11H,4-6,10H2,1-3H3/t7-,9-/m0/s1. The van der Waals surface area contributed by atoms with Crippen molar-refractivity contribution < 1.29 is 9.84 Å². The van der Waals surface area contributed by atoms with E-state index in [9.17, 15) is 5.11 Å². The van der Waals surface area contributed by atoms with Crippen molar-refractivity contribution in [2.45, 2.75) is 38.9 Å². The van der Waals surface area contributed by atoms with Gasteiger partial charge in [0, 0.05) is 25.0 Å². The SMILES string of the molecule is CCO[C@H]1C[C@](O)(CN)C1(C)C. The van der Waals surface area contributed by atoms with Crippen molar-refractivity contribution in [2.24, 2.45) is 11.1 Å². The molecule has 0 bridgehead atoms. The molecule has 0 spiro atoms. The van der Waals surface area contributed by atoms with E-state index in [-0.39, 0.29) is 11.5 Å². The maximum absolute atomic E-state index is 9.94. The third kappa shape index (κ3) is 1.16. The van der Waals surface area contributed by atoms with E-state index < -0.39 is 5.60 Å². The average molecular weight is 173 g/mol. The highest BCUT2D eigenvalue weighted by Gasteiger charge is 2.59. The molecule has 0 aromatic carbocycles. The van der Waals surface area contributed by atoms with Gasteiger partial charge in [-0.1, -0.05) is 13.8 Å². The molecular weight excluding hydrogens is 154 g/mol. The molecule has 0 unspecified atom stereocenters. The van der Waals surface area contributed by atoms with Crippen LogP contribution < -0.4 is 5.73 Å². The number of hydrogen-bond donors (Lipinski definition) is 2. The number of nitrogens with two attached hydrogens (primary N) is 1. The van der Waals surface area contributed by atoms with E-state index in [0.29, 0.717) is 19.6 Å². The summed E-state index contributed by atoms with van der Waals surface area (Å²) in [5.41, 5.74) is 4.58. The summed E-state index contributed by atoms with van der Waals surface area (Å²) in [5, 5.41) is 9.94. The van der Waals surface area contributed by atoms with E-state index in [0.717, 1.165) is 0 Å². The first kappa shape index (κ1) is 9.96. The Kier molecular flexibility index (Phi) is 2.47. The van der Waals surface area contributed by atoms with Crippen molar-refractivity contribution in [3.05, 3.63) is 0 Å². The van der Waals surface area contributed by atoms with Crippen LogP contribution in [-0.2, 0) is 4.74 Å². The lowest BCUT2D eigenvalue weighted by Gasteiger charge is -2.57. The van der Waals surface area contributed by atoms with Crippen LogP contribution in [0.2, 0.25) is 0 Å². The summed E-state index contributed by atoms with van der Waals surface area (Å²) in [6, 6.07) is 0. The van der Waals surface area contributed by atoms with E-state index >= 15 is 0 Å². The van der Waals surface area contributed by atoms with Crippen molar-refractivity contribution in [3.63, 3.8) is 0 Å². The lowest BCUT2D eigenvalue weighted by molar-refractivity contribution is -0.235. The molecule has 12 heavy (non-hydrogen) atoms. The second-order valence-corrected chi connectivity index (χ2v) is 4.11. The molecule has 3 nitrogen and oxygen atoms in total. The van der Waals surface area contributed by atoms with Gasteiger partial charge in [0.15, 0.2) is 0 Å².